The zero-order valence-corrected chi connectivity index (χ0v) is 13.3. The van der Waals surface area contributed by atoms with E-state index in [1.54, 1.807) is 18.2 Å². The van der Waals surface area contributed by atoms with Crippen molar-refractivity contribution < 1.29 is 24.1 Å². The molecule has 0 radical (unpaired) electrons. The third kappa shape index (κ3) is 3.21. The van der Waals surface area contributed by atoms with Crippen LogP contribution in [0, 0.1) is 0 Å². The average Bonchev–Trinajstić information content (AvgIpc) is 3.05. The Morgan fingerprint density at radius 2 is 2.12 bits per heavy atom. The van der Waals surface area contributed by atoms with Gasteiger partial charge in [0.1, 0.15) is 0 Å². The Morgan fingerprint density at radius 1 is 1.33 bits per heavy atom. The molecule has 2 aromatic carbocycles. The molecule has 0 spiro atoms. The first kappa shape index (κ1) is 15.9. The van der Waals surface area contributed by atoms with E-state index in [1.807, 2.05) is 0 Å². The summed E-state index contributed by atoms with van der Waals surface area (Å²) in [6.07, 6.45) is 1.27. The van der Waals surface area contributed by atoms with Crippen molar-refractivity contribution >= 4 is 23.7 Å². The number of fused-ring (bicyclic) bond motifs is 1. The fraction of sp³-hybridized carbons (Fsp3) is 0.125. The molecule has 2 N–H and O–H groups in total. The molecule has 0 aliphatic carbocycles. The normalized spacial score (nSPS) is 12.4. The van der Waals surface area contributed by atoms with Crippen LogP contribution in [0.4, 0.5) is 0 Å². The number of ether oxygens (including phenoxy) is 3. The standard InChI is InChI=1S/C16H13ClN2O5/c1-22-14-6-11(17)4-10(15(14)20)7-18-19-16(21)9-2-3-12-13(5-9)24-8-23-12/h2-7,20H,8H2,1H3,(H,19,21)/b18-7+. The number of methoxy groups -OCH3 is 1. The van der Waals surface area contributed by atoms with E-state index in [1.165, 1.54) is 25.5 Å². The number of phenols is 1. The summed E-state index contributed by atoms with van der Waals surface area (Å²) in [6, 6.07) is 7.77. The van der Waals surface area contributed by atoms with Crippen molar-refractivity contribution in [3.8, 4) is 23.0 Å². The molecule has 0 saturated carbocycles. The van der Waals surface area contributed by atoms with Crippen LogP contribution < -0.4 is 19.6 Å². The summed E-state index contributed by atoms with van der Waals surface area (Å²) in [4.78, 5) is 12.1. The van der Waals surface area contributed by atoms with Crippen LogP contribution in [0.5, 0.6) is 23.0 Å². The highest BCUT2D eigenvalue weighted by molar-refractivity contribution is 6.31. The van der Waals surface area contributed by atoms with E-state index < -0.39 is 5.91 Å². The van der Waals surface area contributed by atoms with E-state index in [-0.39, 0.29) is 18.3 Å². The van der Waals surface area contributed by atoms with Gasteiger partial charge in [-0.3, -0.25) is 4.79 Å². The maximum atomic E-state index is 12.1. The second-order valence-corrected chi connectivity index (χ2v) is 5.25. The van der Waals surface area contributed by atoms with Crippen molar-refractivity contribution in [1.29, 1.82) is 0 Å². The molecule has 8 heteroatoms. The number of nitrogens with one attached hydrogen (secondary N) is 1. The third-order valence-electron chi connectivity index (χ3n) is 3.29. The number of hydrazone groups is 1. The minimum atomic E-state index is -0.432. The quantitative estimate of drug-likeness (QED) is 0.654. The number of hydrogen-bond acceptors (Lipinski definition) is 6. The van der Waals surface area contributed by atoms with Crippen LogP contribution in [0.3, 0.4) is 0 Å². The first-order valence-electron chi connectivity index (χ1n) is 6.88. The number of hydrogen-bond donors (Lipinski definition) is 2. The van der Waals surface area contributed by atoms with Gasteiger partial charge in [0.15, 0.2) is 23.0 Å². The largest absolute Gasteiger partial charge is 0.504 e. The van der Waals surface area contributed by atoms with Crippen LogP contribution >= 0.6 is 11.6 Å². The minimum Gasteiger partial charge on any atom is -0.504 e. The van der Waals surface area contributed by atoms with Gasteiger partial charge < -0.3 is 19.3 Å². The highest BCUT2D eigenvalue weighted by Crippen LogP contribution is 2.33. The van der Waals surface area contributed by atoms with E-state index in [0.29, 0.717) is 27.6 Å². The molecule has 1 heterocycles. The van der Waals surface area contributed by atoms with Gasteiger partial charge in [0, 0.05) is 22.2 Å². The van der Waals surface area contributed by atoms with E-state index in [9.17, 15) is 9.90 Å². The maximum absolute atomic E-state index is 12.1. The van der Waals surface area contributed by atoms with E-state index in [0.717, 1.165) is 0 Å². The van der Waals surface area contributed by atoms with Crippen LogP contribution in [0.2, 0.25) is 5.02 Å². The van der Waals surface area contributed by atoms with Gasteiger partial charge in [0.05, 0.1) is 13.3 Å². The summed E-state index contributed by atoms with van der Waals surface area (Å²) < 4.78 is 15.4. The number of rotatable bonds is 4. The van der Waals surface area contributed by atoms with Crippen LogP contribution in [0.1, 0.15) is 15.9 Å². The van der Waals surface area contributed by atoms with Crippen molar-refractivity contribution in [2.24, 2.45) is 5.10 Å². The summed E-state index contributed by atoms with van der Waals surface area (Å²) in [6.45, 7) is 0.133. The lowest BCUT2D eigenvalue weighted by atomic mass is 10.2. The first-order valence-corrected chi connectivity index (χ1v) is 7.26. The van der Waals surface area contributed by atoms with Crippen molar-refractivity contribution in [3.63, 3.8) is 0 Å². The third-order valence-corrected chi connectivity index (χ3v) is 3.51. The molecule has 7 nitrogen and oxygen atoms in total. The van der Waals surface area contributed by atoms with Gasteiger partial charge in [-0.05, 0) is 24.3 Å². The Morgan fingerprint density at radius 3 is 2.92 bits per heavy atom. The molecular weight excluding hydrogens is 336 g/mol. The number of nitrogens with zero attached hydrogens (tertiary/aromatic N) is 1. The molecule has 0 saturated heterocycles. The zero-order valence-electron chi connectivity index (χ0n) is 12.6. The number of benzene rings is 2. The smallest absolute Gasteiger partial charge is 0.271 e. The zero-order chi connectivity index (χ0) is 17.1. The summed E-state index contributed by atoms with van der Waals surface area (Å²) >= 11 is 5.93. The molecule has 24 heavy (non-hydrogen) atoms. The number of phenolic OH excluding ortho intramolecular Hbond substituents is 1. The molecule has 1 amide bonds. The number of amides is 1. The summed E-state index contributed by atoms with van der Waals surface area (Å²) in [5.74, 6) is 0.752. The fourth-order valence-electron chi connectivity index (χ4n) is 2.11. The topological polar surface area (TPSA) is 89.4 Å². The molecule has 2 aromatic rings. The molecule has 0 bridgehead atoms. The molecule has 0 aromatic heterocycles. The van der Waals surface area contributed by atoms with Gasteiger partial charge in [-0.15, -0.1) is 0 Å². The molecule has 0 fully saturated rings. The average molecular weight is 349 g/mol. The van der Waals surface area contributed by atoms with Crippen molar-refractivity contribution in [3.05, 3.63) is 46.5 Å². The molecule has 124 valence electrons. The summed E-state index contributed by atoms with van der Waals surface area (Å²) in [7, 11) is 1.41. The van der Waals surface area contributed by atoms with E-state index in [2.05, 4.69) is 10.5 Å². The molecule has 0 unspecified atom stereocenters. The van der Waals surface area contributed by atoms with Crippen LogP contribution in [-0.2, 0) is 0 Å². The van der Waals surface area contributed by atoms with Crippen LogP contribution in [0.15, 0.2) is 35.4 Å². The van der Waals surface area contributed by atoms with Gasteiger partial charge >= 0.3 is 0 Å². The summed E-state index contributed by atoms with van der Waals surface area (Å²) in [5, 5.41) is 14.2. The maximum Gasteiger partial charge on any atom is 0.271 e. The molecule has 3 rings (SSSR count). The van der Waals surface area contributed by atoms with Gasteiger partial charge in [-0.2, -0.15) is 5.10 Å². The predicted octanol–water partition coefficient (Wildman–Crippen LogP) is 2.55. The highest BCUT2D eigenvalue weighted by Gasteiger charge is 2.16. The lowest BCUT2D eigenvalue weighted by Gasteiger charge is -2.06. The van der Waals surface area contributed by atoms with Gasteiger partial charge in [0.2, 0.25) is 6.79 Å². The van der Waals surface area contributed by atoms with Crippen molar-refractivity contribution in [2.75, 3.05) is 13.9 Å². The molecule has 1 aliphatic heterocycles. The predicted molar refractivity (Wildman–Crippen MR) is 87.3 cm³/mol. The first-order chi connectivity index (χ1) is 11.6. The van der Waals surface area contributed by atoms with Crippen molar-refractivity contribution in [2.45, 2.75) is 0 Å². The molecular formula is C16H13ClN2O5. The Bertz CT molecular complexity index is 822. The van der Waals surface area contributed by atoms with Gasteiger partial charge in [-0.1, -0.05) is 11.6 Å². The lowest BCUT2D eigenvalue weighted by Crippen LogP contribution is -2.17. The Balaban J connectivity index is 1.72. The van der Waals surface area contributed by atoms with E-state index >= 15 is 0 Å². The monoisotopic (exact) mass is 348 g/mol. The van der Waals surface area contributed by atoms with Gasteiger partial charge in [0.25, 0.3) is 5.91 Å². The number of halogens is 1. The summed E-state index contributed by atoms with van der Waals surface area (Å²) in [5.41, 5.74) is 3.04. The molecule has 0 atom stereocenters. The van der Waals surface area contributed by atoms with Gasteiger partial charge in [-0.25, -0.2) is 5.43 Å². The fourth-order valence-corrected chi connectivity index (χ4v) is 2.33. The number of aromatic hydroxyl groups is 1. The van der Waals surface area contributed by atoms with Crippen LogP contribution in [0.25, 0.3) is 0 Å². The SMILES string of the molecule is COc1cc(Cl)cc(/C=N/NC(=O)c2ccc3c(c2)OCO3)c1O. The second-order valence-electron chi connectivity index (χ2n) is 4.81. The van der Waals surface area contributed by atoms with E-state index in [4.69, 9.17) is 25.8 Å². The lowest BCUT2D eigenvalue weighted by molar-refractivity contribution is 0.0954. The van der Waals surface area contributed by atoms with Crippen molar-refractivity contribution in [1.82, 2.24) is 5.43 Å². The second kappa shape index (κ2) is 6.67. The Kier molecular flexibility index (Phi) is 4.43. The number of carbonyl (C=O) groups is 1. The minimum absolute atomic E-state index is 0.122. The van der Waals surface area contributed by atoms with Crippen LogP contribution in [-0.4, -0.2) is 31.1 Å². The number of carbonyl (C=O) groups excluding carboxylic acids is 1. The highest BCUT2D eigenvalue weighted by atomic mass is 35.5. The Hall–Kier alpha value is -2.93. The molecule has 1 aliphatic rings. The Labute approximate surface area is 142 Å².